The maximum Gasteiger partial charge on any atom is -0.00337 e. The van der Waals surface area contributed by atoms with Crippen LogP contribution in [0.1, 0.15) is 33.6 Å². The first-order valence-electron chi connectivity index (χ1n) is 4.51. The van der Waals surface area contributed by atoms with E-state index in [4.69, 9.17) is 0 Å². The zero-order valence-corrected chi connectivity index (χ0v) is 7.78. The minimum absolute atomic E-state index is 0.288. The van der Waals surface area contributed by atoms with Crippen LogP contribution in [0.3, 0.4) is 0 Å². The molecule has 1 fully saturated rings. The summed E-state index contributed by atoms with van der Waals surface area (Å²) in [5, 5.41) is 0. The number of hydrogen-bond donors (Lipinski definition) is 0. The summed E-state index contributed by atoms with van der Waals surface area (Å²) >= 11 is 0. The van der Waals surface area contributed by atoms with Gasteiger partial charge in [0.2, 0.25) is 0 Å². The van der Waals surface area contributed by atoms with Crippen LogP contribution in [0.5, 0.6) is 0 Å². The molecular weight excluding hydrogens is 132 g/mol. The van der Waals surface area contributed by atoms with Gasteiger partial charge in [0.15, 0.2) is 0 Å². The molecule has 0 heterocycles. The Balaban J connectivity index is 2.42. The maximum atomic E-state index is 4.36. The average molecular weight is 149 g/mol. The monoisotopic (exact) mass is 149 g/mol. The van der Waals surface area contributed by atoms with Crippen molar-refractivity contribution in [1.29, 1.82) is 0 Å². The van der Waals surface area contributed by atoms with Crippen molar-refractivity contribution in [2.24, 2.45) is 16.7 Å². The van der Waals surface area contributed by atoms with E-state index in [9.17, 15) is 0 Å². The topological polar surface area (TPSA) is 0 Å². The van der Waals surface area contributed by atoms with Gasteiger partial charge in [-0.1, -0.05) is 25.5 Å². The molecule has 0 aromatic heterocycles. The van der Waals surface area contributed by atoms with Gasteiger partial charge in [-0.05, 0) is 43.4 Å². The van der Waals surface area contributed by atoms with Crippen molar-refractivity contribution < 1.29 is 0 Å². The molecule has 11 heavy (non-hydrogen) atoms. The van der Waals surface area contributed by atoms with Gasteiger partial charge in [-0.25, -0.2) is 0 Å². The summed E-state index contributed by atoms with van der Waals surface area (Å²) in [6, 6.07) is 0. The average Bonchev–Trinajstić information content (AvgIpc) is 1.94. The predicted molar refractivity (Wildman–Crippen MR) is 48.1 cm³/mol. The molecule has 0 saturated heterocycles. The van der Waals surface area contributed by atoms with Crippen LogP contribution in [0.2, 0.25) is 0 Å². The number of rotatable bonds is 0. The first-order chi connectivity index (χ1) is 4.98. The summed E-state index contributed by atoms with van der Waals surface area (Å²) in [4.78, 5) is 0. The smallest absolute Gasteiger partial charge is 0.00337 e. The zero-order valence-electron chi connectivity index (χ0n) is 7.78. The van der Waals surface area contributed by atoms with Gasteiger partial charge >= 0.3 is 0 Å². The van der Waals surface area contributed by atoms with E-state index in [2.05, 4.69) is 33.8 Å². The Hall–Kier alpha value is -0.260. The van der Waals surface area contributed by atoms with Crippen molar-refractivity contribution in [2.75, 3.05) is 0 Å². The highest BCUT2D eigenvalue weighted by molar-refractivity contribution is 5.30. The molecule has 2 atom stereocenters. The second-order valence-electron chi connectivity index (χ2n) is 4.83. The van der Waals surface area contributed by atoms with Gasteiger partial charge in [0.1, 0.15) is 0 Å². The minimum atomic E-state index is 0.288. The molecule has 0 amide bonds. The van der Waals surface area contributed by atoms with Crippen LogP contribution >= 0.6 is 0 Å². The lowest BCUT2D eigenvalue weighted by Crippen LogP contribution is -2.56. The van der Waals surface area contributed by atoms with E-state index in [-0.39, 0.29) is 5.41 Å². The molecule has 3 aliphatic rings. The van der Waals surface area contributed by atoms with Crippen LogP contribution in [0.4, 0.5) is 0 Å². The Morgan fingerprint density at radius 3 is 2.55 bits per heavy atom. The molecule has 2 bridgehead atoms. The largest absolute Gasteiger partial charge is 0.0847 e. The summed E-state index contributed by atoms with van der Waals surface area (Å²) in [5.74, 6) is 0.906. The molecule has 0 nitrogen and oxygen atoms in total. The normalized spacial score (nSPS) is 46.2. The molecule has 2 unspecified atom stereocenters. The van der Waals surface area contributed by atoms with Gasteiger partial charge in [-0.3, -0.25) is 0 Å². The fraction of sp³-hybridized carbons (Fsp3) is 0.727. The number of hydrogen-bond acceptors (Lipinski definition) is 0. The Bertz CT molecular complexity index is 222. The highest BCUT2D eigenvalue weighted by atomic mass is 14.6. The van der Waals surface area contributed by atoms with E-state index in [1.807, 2.05) is 0 Å². The van der Waals surface area contributed by atoms with E-state index in [1.165, 1.54) is 18.4 Å². The molecule has 1 radical (unpaired) electrons. The molecule has 1 saturated carbocycles. The highest BCUT2D eigenvalue weighted by Gasteiger charge is 2.58. The number of allylic oxidation sites excluding steroid dienone is 2. The summed E-state index contributed by atoms with van der Waals surface area (Å²) in [6.45, 7) is 11.3. The van der Waals surface area contributed by atoms with Crippen LogP contribution < -0.4 is 0 Å². The van der Waals surface area contributed by atoms with Crippen LogP contribution in [-0.2, 0) is 0 Å². The van der Waals surface area contributed by atoms with Crippen LogP contribution in [0.25, 0.3) is 0 Å². The second-order valence-corrected chi connectivity index (χ2v) is 4.83. The van der Waals surface area contributed by atoms with E-state index >= 15 is 0 Å². The van der Waals surface area contributed by atoms with Gasteiger partial charge in [0.05, 0.1) is 0 Å². The van der Waals surface area contributed by atoms with E-state index in [1.54, 1.807) is 0 Å². The van der Waals surface area contributed by atoms with Gasteiger partial charge in [-0.15, -0.1) is 0 Å². The van der Waals surface area contributed by atoms with Gasteiger partial charge in [-0.2, -0.15) is 0 Å². The SMILES string of the molecule is [CH2]C12CC(CC=C1C)C2(C)C. The fourth-order valence-electron chi connectivity index (χ4n) is 2.76. The first-order valence-corrected chi connectivity index (χ1v) is 4.51. The van der Waals surface area contributed by atoms with Crippen molar-refractivity contribution >= 4 is 0 Å². The third-order valence-electron chi connectivity index (χ3n) is 4.31. The lowest BCUT2D eigenvalue weighted by atomic mass is 9.40. The van der Waals surface area contributed by atoms with Gasteiger partial charge < -0.3 is 0 Å². The van der Waals surface area contributed by atoms with E-state index in [0.717, 1.165) is 5.92 Å². The van der Waals surface area contributed by atoms with Crippen LogP contribution in [0.15, 0.2) is 11.6 Å². The number of fused-ring (bicyclic) bond motifs is 1. The molecule has 0 N–H and O–H groups in total. The molecular formula is C11H17. The van der Waals surface area contributed by atoms with Crippen molar-refractivity contribution in [3.63, 3.8) is 0 Å². The molecule has 0 spiro atoms. The van der Waals surface area contributed by atoms with Crippen LogP contribution in [0, 0.1) is 23.7 Å². The molecule has 0 aromatic rings. The van der Waals surface area contributed by atoms with E-state index in [0.29, 0.717) is 5.41 Å². The molecule has 61 valence electrons. The van der Waals surface area contributed by atoms with Gasteiger partial charge in [0, 0.05) is 0 Å². The second kappa shape index (κ2) is 1.73. The Labute approximate surface area is 69.7 Å². The van der Waals surface area contributed by atoms with Gasteiger partial charge in [0.25, 0.3) is 0 Å². The Kier molecular flexibility index (Phi) is 1.16. The quantitative estimate of drug-likeness (QED) is 0.464. The Morgan fingerprint density at radius 1 is 1.55 bits per heavy atom. The van der Waals surface area contributed by atoms with E-state index < -0.39 is 0 Å². The molecule has 0 aliphatic heterocycles. The summed E-state index contributed by atoms with van der Waals surface area (Å²) in [6.07, 6.45) is 4.99. The standard InChI is InChI=1S/C11H17/c1-8-5-6-9-7-11(8,4)10(9,2)3/h5,9H,4,6-7H2,1-3H3. The van der Waals surface area contributed by atoms with Crippen molar-refractivity contribution in [3.05, 3.63) is 18.6 Å². The summed E-state index contributed by atoms with van der Waals surface area (Å²) in [5.41, 5.74) is 2.27. The maximum absolute atomic E-state index is 4.36. The molecule has 0 aromatic carbocycles. The van der Waals surface area contributed by atoms with Crippen LogP contribution in [-0.4, -0.2) is 0 Å². The highest BCUT2D eigenvalue weighted by Crippen LogP contribution is 2.67. The molecule has 3 rings (SSSR count). The minimum Gasteiger partial charge on any atom is -0.0847 e. The lowest BCUT2D eigenvalue weighted by molar-refractivity contribution is -0.0688. The third kappa shape index (κ3) is 0.617. The fourth-order valence-corrected chi connectivity index (χ4v) is 2.76. The van der Waals surface area contributed by atoms with Crippen molar-refractivity contribution in [2.45, 2.75) is 33.6 Å². The third-order valence-corrected chi connectivity index (χ3v) is 4.31. The Morgan fingerprint density at radius 2 is 2.18 bits per heavy atom. The lowest BCUT2D eigenvalue weighted by Gasteiger charge is -2.64. The summed E-state index contributed by atoms with van der Waals surface area (Å²) < 4.78 is 0. The van der Waals surface area contributed by atoms with Crippen molar-refractivity contribution in [3.8, 4) is 0 Å². The first kappa shape index (κ1) is 7.39. The zero-order chi connectivity index (χ0) is 8.28. The molecule has 3 aliphatic carbocycles. The molecule has 0 heteroatoms. The van der Waals surface area contributed by atoms with Crippen molar-refractivity contribution in [1.82, 2.24) is 0 Å². The summed E-state index contributed by atoms with van der Waals surface area (Å²) in [7, 11) is 0. The predicted octanol–water partition coefficient (Wildman–Crippen LogP) is 3.20.